The van der Waals surface area contributed by atoms with Gasteiger partial charge in [-0.3, -0.25) is 4.90 Å². The molecule has 0 bridgehead atoms. The van der Waals surface area contributed by atoms with Gasteiger partial charge in [0.15, 0.2) is 5.82 Å². The van der Waals surface area contributed by atoms with Crippen molar-refractivity contribution in [3.63, 3.8) is 0 Å². The summed E-state index contributed by atoms with van der Waals surface area (Å²) in [5, 5.41) is 13.8. The molecule has 1 aliphatic carbocycles. The van der Waals surface area contributed by atoms with Crippen LogP contribution in [0.2, 0.25) is 0 Å². The minimum atomic E-state index is -0.699. The van der Waals surface area contributed by atoms with Gasteiger partial charge in [0.25, 0.3) is 0 Å². The molecule has 1 heterocycles. The first kappa shape index (κ1) is 12.5. The Hall–Kier alpha value is -0.940. The fourth-order valence-corrected chi connectivity index (χ4v) is 1.86. The van der Waals surface area contributed by atoms with Crippen LogP contribution in [0.15, 0.2) is 4.52 Å². The summed E-state index contributed by atoms with van der Waals surface area (Å²) in [6.45, 7) is 7.73. The largest absolute Gasteiger partial charge is 0.389 e. The van der Waals surface area contributed by atoms with Gasteiger partial charge in [0.2, 0.25) is 5.89 Å². The smallest absolute Gasteiger partial charge is 0.240 e. The van der Waals surface area contributed by atoms with E-state index >= 15 is 0 Å². The van der Waals surface area contributed by atoms with Crippen LogP contribution in [0.5, 0.6) is 0 Å². The number of rotatable bonds is 6. The molecule has 1 fully saturated rings. The molecule has 1 saturated carbocycles. The molecule has 5 nitrogen and oxygen atoms in total. The summed E-state index contributed by atoms with van der Waals surface area (Å²) in [6, 6.07) is 0. The summed E-state index contributed by atoms with van der Waals surface area (Å²) >= 11 is 0. The molecular weight excluding hydrogens is 218 g/mol. The van der Waals surface area contributed by atoms with E-state index in [1.165, 1.54) is 12.8 Å². The number of hydrogen-bond acceptors (Lipinski definition) is 5. The quantitative estimate of drug-likeness (QED) is 0.816. The fourth-order valence-electron chi connectivity index (χ4n) is 1.86. The van der Waals surface area contributed by atoms with E-state index in [4.69, 9.17) is 4.52 Å². The molecule has 0 aromatic carbocycles. The monoisotopic (exact) mass is 239 g/mol. The first-order chi connectivity index (χ1) is 7.98. The number of aromatic nitrogens is 2. The second-order valence-electron chi connectivity index (χ2n) is 5.44. The molecule has 0 saturated heterocycles. The zero-order valence-corrected chi connectivity index (χ0v) is 10.8. The van der Waals surface area contributed by atoms with E-state index in [2.05, 4.69) is 22.0 Å². The third kappa shape index (κ3) is 3.78. The van der Waals surface area contributed by atoms with Crippen LogP contribution < -0.4 is 0 Å². The van der Waals surface area contributed by atoms with E-state index in [0.29, 0.717) is 24.9 Å². The minimum Gasteiger partial charge on any atom is -0.389 e. The van der Waals surface area contributed by atoms with Crippen LogP contribution in [0.25, 0.3) is 0 Å². The van der Waals surface area contributed by atoms with Gasteiger partial charge in [-0.15, -0.1) is 0 Å². The van der Waals surface area contributed by atoms with Crippen molar-refractivity contribution in [2.24, 2.45) is 0 Å². The number of likely N-dealkylation sites (N-methyl/N-ethyl adjacent to an activating group) is 1. The molecular formula is C12H21N3O2. The number of nitrogens with zero attached hydrogens (tertiary/aromatic N) is 3. The molecule has 1 aliphatic rings. The Labute approximate surface area is 102 Å². The Morgan fingerprint density at radius 3 is 2.71 bits per heavy atom. The highest BCUT2D eigenvalue weighted by molar-refractivity contribution is 5.03. The first-order valence-electron chi connectivity index (χ1n) is 6.25. The second kappa shape index (κ2) is 4.74. The predicted octanol–water partition coefficient (Wildman–Crippen LogP) is 1.54. The van der Waals surface area contributed by atoms with Crippen LogP contribution in [-0.2, 0) is 6.54 Å². The van der Waals surface area contributed by atoms with Gasteiger partial charge in [0, 0.05) is 12.5 Å². The zero-order chi connectivity index (χ0) is 12.5. The van der Waals surface area contributed by atoms with Gasteiger partial charge in [-0.2, -0.15) is 4.98 Å². The van der Waals surface area contributed by atoms with Crippen LogP contribution in [0.1, 0.15) is 51.2 Å². The molecule has 1 N–H and O–H groups in total. The summed E-state index contributed by atoms with van der Waals surface area (Å²) in [6.07, 6.45) is 2.36. The highest BCUT2D eigenvalue weighted by Gasteiger charge is 2.29. The molecule has 0 unspecified atom stereocenters. The summed E-state index contributed by atoms with van der Waals surface area (Å²) in [5.41, 5.74) is -0.699. The average Bonchev–Trinajstić information content (AvgIpc) is 2.97. The molecule has 0 atom stereocenters. The third-order valence-corrected chi connectivity index (χ3v) is 2.84. The Morgan fingerprint density at radius 2 is 2.18 bits per heavy atom. The molecule has 0 amide bonds. The van der Waals surface area contributed by atoms with E-state index in [1.54, 1.807) is 13.8 Å². The molecule has 17 heavy (non-hydrogen) atoms. The van der Waals surface area contributed by atoms with Gasteiger partial charge in [-0.05, 0) is 33.2 Å². The molecule has 5 heteroatoms. The maximum absolute atomic E-state index is 9.79. The Bertz CT molecular complexity index is 366. The molecule has 0 radical (unpaired) electrons. The summed E-state index contributed by atoms with van der Waals surface area (Å²) in [5.74, 6) is 2.02. The van der Waals surface area contributed by atoms with Crippen molar-refractivity contribution in [1.82, 2.24) is 15.0 Å². The summed E-state index contributed by atoms with van der Waals surface area (Å²) < 4.78 is 5.23. The predicted molar refractivity (Wildman–Crippen MR) is 63.5 cm³/mol. The number of aliphatic hydroxyl groups is 1. The lowest BCUT2D eigenvalue weighted by Crippen LogP contribution is -2.38. The Morgan fingerprint density at radius 1 is 1.47 bits per heavy atom. The van der Waals surface area contributed by atoms with Gasteiger partial charge in [0.1, 0.15) is 0 Å². The van der Waals surface area contributed by atoms with Gasteiger partial charge in [0.05, 0.1) is 12.1 Å². The van der Waals surface area contributed by atoms with Crippen LogP contribution in [0.3, 0.4) is 0 Å². The van der Waals surface area contributed by atoms with Gasteiger partial charge in [-0.1, -0.05) is 12.1 Å². The fraction of sp³-hybridized carbons (Fsp3) is 0.833. The topological polar surface area (TPSA) is 62.4 Å². The minimum absolute atomic E-state index is 0.525. The lowest BCUT2D eigenvalue weighted by atomic mass is 10.1. The van der Waals surface area contributed by atoms with Crippen molar-refractivity contribution in [1.29, 1.82) is 0 Å². The lowest BCUT2D eigenvalue weighted by Gasteiger charge is -2.26. The van der Waals surface area contributed by atoms with E-state index in [9.17, 15) is 5.11 Å². The van der Waals surface area contributed by atoms with Crippen molar-refractivity contribution < 1.29 is 9.63 Å². The normalized spacial score (nSPS) is 16.8. The number of hydrogen-bond donors (Lipinski definition) is 1. The van der Waals surface area contributed by atoms with Gasteiger partial charge >= 0.3 is 0 Å². The van der Waals surface area contributed by atoms with Crippen molar-refractivity contribution in [3.8, 4) is 0 Å². The van der Waals surface area contributed by atoms with Crippen molar-refractivity contribution in [2.45, 2.75) is 51.7 Å². The maximum Gasteiger partial charge on any atom is 0.240 e. The van der Waals surface area contributed by atoms with E-state index in [-0.39, 0.29) is 0 Å². The Balaban J connectivity index is 1.92. The van der Waals surface area contributed by atoms with Crippen LogP contribution in [0, 0.1) is 0 Å². The molecule has 1 aromatic heterocycles. The standard InChI is InChI=1S/C12H21N3O2/c1-4-15(8-12(2,3)16)7-10-13-11(14-17-10)9-5-6-9/h9,16H,4-8H2,1-3H3. The molecule has 1 aromatic rings. The lowest BCUT2D eigenvalue weighted by molar-refractivity contribution is 0.0322. The van der Waals surface area contributed by atoms with Gasteiger partial charge in [-0.25, -0.2) is 0 Å². The average molecular weight is 239 g/mol. The maximum atomic E-state index is 9.79. The van der Waals surface area contributed by atoms with Crippen molar-refractivity contribution in [3.05, 3.63) is 11.7 Å². The molecule has 2 rings (SSSR count). The molecule has 0 aliphatic heterocycles. The van der Waals surface area contributed by atoms with Gasteiger partial charge < -0.3 is 9.63 Å². The van der Waals surface area contributed by atoms with E-state index < -0.39 is 5.60 Å². The van der Waals surface area contributed by atoms with Crippen molar-refractivity contribution >= 4 is 0 Å². The van der Waals surface area contributed by atoms with E-state index in [0.717, 1.165) is 12.4 Å². The summed E-state index contributed by atoms with van der Waals surface area (Å²) in [7, 11) is 0. The summed E-state index contributed by atoms with van der Waals surface area (Å²) in [4.78, 5) is 6.49. The highest BCUT2D eigenvalue weighted by atomic mass is 16.5. The zero-order valence-electron chi connectivity index (χ0n) is 10.8. The first-order valence-corrected chi connectivity index (χ1v) is 6.25. The van der Waals surface area contributed by atoms with Crippen LogP contribution in [-0.4, -0.2) is 38.8 Å². The van der Waals surface area contributed by atoms with Crippen LogP contribution in [0.4, 0.5) is 0 Å². The second-order valence-corrected chi connectivity index (χ2v) is 5.44. The highest BCUT2D eigenvalue weighted by Crippen LogP contribution is 2.38. The van der Waals surface area contributed by atoms with Crippen LogP contribution >= 0.6 is 0 Å². The van der Waals surface area contributed by atoms with Crippen molar-refractivity contribution in [2.75, 3.05) is 13.1 Å². The molecule has 96 valence electrons. The third-order valence-electron chi connectivity index (χ3n) is 2.84. The molecule has 0 spiro atoms. The van der Waals surface area contributed by atoms with E-state index in [1.807, 2.05) is 0 Å². The SMILES string of the molecule is CCN(Cc1nc(C2CC2)no1)CC(C)(C)O. The Kier molecular flexibility index (Phi) is 3.49.